The van der Waals surface area contributed by atoms with Gasteiger partial charge in [-0.15, -0.1) is 0 Å². The fraction of sp³-hybridized carbons (Fsp3) is 0.300. The van der Waals surface area contributed by atoms with Crippen LogP contribution in [0.1, 0.15) is 0 Å². The van der Waals surface area contributed by atoms with E-state index in [-0.39, 0.29) is 12.5 Å². The molecule has 0 unspecified atom stereocenters. The van der Waals surface area contributed by atoms with Gasteiger partial charge in [0.25, 0.3) is 0 Å². The molecule has 0 fully saturated rings. The van der Waals surface area contributed by atoms with Crippen LogP contribution >= 0.6 is 15.9 Å². The van der Waals surface area contributed by atoms with Crippen LogP contribution in [0.15, 0.2) is 22.7 Å². The van der Waals surface area contributed by atoms with Crippen molar-refractivity contribution in [1.29, 1.82) is 0 Å². The van der Waals surface area contributed by atoms with E-state index in [2.05, 4.69) is 21.2 Å². The highest BCUT2D eigenvalue weighted by molar-refractivity contribution is 9.10. The number of nitrogen functional groups attached to an aromatic ring is 1. The van der Waals surface area contributed by atoms with Crippen molar-refractivity contribution in [3.05, 3.63) is 22.7 Å². The van der Waals surface area contributed by atoms with Crippen molar-refractivity contribution in [3.63, 3.8) is 0 Å². The van der Waals surface area contributed by atoms with Gasteiger partial charge in [0.2, 0.25) is 5.91 Å². The Hall–Kier alpha value is -1.23. The monoisotopic (exact) mass is 271 g/mol. The molecule has 3 N–H and O–H groups in total. The average molecular weight is 272 g/mol. The van der Waals surface area contributed by atoms with E-state index in [1.165, 1.54) is 4.90 Å². The first-order valence-electron chi connectivity index (χ1n) is 4.49. The second kappa shape index (κ2) is 5.02. The van der Waals surface area contributed by atoms with Crippen LogP contribution in [0, 0.1) is 0 Å². The molecule has 82 valence electrons. The van der Waals surface area contributed by atoms with Crippen molar-refractivity contribution in [2.45, 2.75) is 0 Å². The van der Waals surface area contributed by atoms with Gasteiger partial charge < -0.3 is 16.0 Å². The normalized spacial score (nSPS) is 9.80. The summed E-state index contributed by atoms with van der Waals surface area (Å²) in [5.41, 5.74) is 7.15. The molecule has 15 heavy (non-hydrogen) atoms. The summed E-state index contributed by atoms with van der Waals surface area (Å²) in [5.74, 6) is 0.0266. The number of hydrogen-bond donors (Lipinski definition) is 2. The lowest BCUT2D eigenvalue weighted by Crippen LogP contribution is -2.28. The Labute approximate surface area is 97.6 Å². The third-order valence-electron chi connectivity index (χ3n) is 1.92. The Morgan fingerprint density at radius 3 is 2.73 bits per heavy atom. The minimum atomic E-state index is 0.0266. The lowest BCUT2D eigenvalue weighted by molar-refractivity contribution is -0.126. The van der Waals surface area contributed by atoms with Crippen molar-refractivity contribution < 1.29 is 4.79 Å². The smallest absolute Gasteiger partial charge is 0.241 e. The number of benzene rings is 1. The molecule has 0 spiro atoms. The molecule has 0 bridgehead atoms. The van der Waals surface area contributed by atoms with Crippen molar-refractivity contribution in [2.75, 3.05) is 31.7 Å². The van der Waals surface area contributed by atoms with E-state index in [1.807, 2.05) is 6.07 Å². The van der Waals surface area contributed by atoms with Crippen LogP contribution in [0.4, 0.5) is 11.4 Å². The minimum absolute atomic E-state index is 0.0266. The first-order valence-corrected chi connectivity index (χ1v) is 5.29. The van der Waals surface area contributed by atoms with Crippen LogP contribution < -0.4 is 11.1 Å². The molecule has 0 saturated carbocycles. The fourth-order valence-corrected chi connectivity index (χ4v) is 1.54. The Kier molecular flexibility index (Phi) is 3.96. The quantitative estimate of drug-likeness (QED) is 0.820. The molecular weight excluding hydrogens is 258 g/mol. The number of nitrogens with two attached hydrogens (primary N) is 1. The lowest BCUT2D eigenvalue weighted by Gasteiger charge is -2.12. The largest absolute Gasteiger partial charge is 0.399 e. The van der Waals surface area contributed by atoms with Gasteiger partial charge in [-0.05, 0) is 34.1 Å². The number of halogens is 1. The maximum Gasteiger partial charge on any atom is 0.241 e. The molecule has 0 radical (unpaired) electrons. The second-order valence-electron chi connectivity index (χ2n) is 3.38. The van der Waals surface area contributed by atoms with Gasteiger partial charge in [-0.2, -0.15) is 0 Å². The Morgan fingerprint density at radius 2 is 2.20 bits per heavy atom. The fourth-order valence-electron chi connectivity index (χ4n) is 1.00. The number of carbonyl (C=O) groups is 1. The predicted octanol–water partition coefficient (Wildman–Crippen LogP) is 1.53. The van der Waals surface area contributed by atoms with E-state index >= 15 is 0 Å². The second-order valence-corrected chi connectivity index (χ2v) is 4.24. The number of rotatable bonds is 3. The molecule has 0 saturated heterocycles. The Morgan fingerprint density at radius 1 is 1.53 bits per heavy atom. The Balaban J connectivity index is 2.62. The summed E-state index contributed by atoms with van der Waals surface area (Å²) >= 11 is 3.37. The van der Waals surface area contributed by atoms with Gasteiger partial charge in [-0.25, -0.2) is 0 Å². The van der Waals surface area contributed by atoms with Crippen molar-refractivity contribution >= 4 is 33.2 Å². The summed E-state index contributed by atoms with van der Waals surface area (Å²) in [5, 5.41) is 3.03. The number of likely N-dealkylation sites (N-methyl/N-ethyl adjacent to an activating group) is 1. The van der Waals surface area contributed by atoms with Crippen LogP contribution in [0.2, 0.25) is 0 Å². The van der Waals surface area contributed by atoms with E-state index < -0.39 is 0 Å². The SMILES string of the molecule is CN(C)C(=O)CNc1ccc(N)cc1Br. The summed E-state index contributed by atoms with van der Waals surface area (Å²) in [6, 6.07) is 5.41. The van der Waals surface area contributed by atoms with Crippen LogP contribution in [-0.4, -0.2) is 31.4 Å². The van der Waals surface area contributed by atoms with Crippen LogP contribution in [0.25, 0.3) is 0 Å². The van der Waals surface area contributed by atoms with Crippen LogP contribution in [0.5, 0.6) is 0 Å². The van der Waals surface area contributed by atoms with E-state index in [0.717, 1.165) is 10.2 Å². The summed E-state index contributed by atoms with van der Waals surface area (Å²) in [4.78, 5) is 12.9. The standard InChI is InChI=1S/C10H14BrN3O/c1-14(2)10(15)6-13-9-4-3-7(12)5-8(9)11/h3-5,13H,6,12H2,1-2H3. The third kappa shape index (κ3) is 3.43. The topological polar surface area (TPSA) is 58.4 Å². The van der Waals surface area contributed by atoms with Gasteiger partial charge in [0.1, 0.15) is 0 Å². The van der Waals surface area contributed by atoms with Gasteiger partial charge in [0.05, 0.1) is 6.54 Å². The van der Waals surface area contributed by atoms with E-state index in [9.17, 15) is 4.79 Å². The lowest BCUT2D eigenvalue weighted by atomic mass is 10.3. The number of nitrogens with zero attached hydrogens (tertiary/aromatic N) is 1. The number of nitrogens with one attached hydrogen (secondary N) is 1. The zero-order valence-electron chi connectivity index (χ0n) is 8.75. The van der Waals surface area contributed by atoms with Gasteiger partial charge in [0, 0.05) is 29.9 Å². The zero-order chi connectivity index (χ0) is 11.4. The number of carbonyl (C=O) groups excluding carboxylic acids is 1. The van der Waals surface area contributed by atoms with Crippen molar-refractivity contribution in [1.82, 2.24) is 4.90 Å². The van der Waals surface area contributed by atoms with Crippen LogP contribution in [0.3, 0.4) is 0 Å². The maximum atomic E-state index is 11.3. The molecule has 5 heteroatoms. The molecule has 0 aromatic heterocycles. The first-order chi connectivity index (χ1) is 7.00. The summed E-state index contributed by atoms with van der Waals surface area (Å²) in [6.45, 7) is 0.273. The van der Waals surface area contributed by atoms with Gasteiger partial charge >= 0.3 is 0 Å². The molecule has 0 aliphatic rings. The molecule has 1 aromatic carbocycles. The molecule has 0 atom stereocenters. The summed E-state index contributed by atoms with van der Waals surface area (Å²) < 4.78 is 0.856. The minimum Gasteiger partial charge on any atom is -0.399 e. The predicted molar refractivity (Wildman–Crippen MR) is 65.7 cm³/mol. The highest BCUT2D eigenvalue weighted by Gasteiger charge is 2.05. The molecule has 1 rings (SSSR count). The van der Waals surface area contributed by atoms with E-state index in [0.29, 0.717) is 5.69 Å². The third-order valence-corrected chi connectivity index (χ3v) is 2.58. The van der Waals surface area contributed by atoms with Crippen molar-refractivity contribution in [3.8, 4) is 0 Å². The molecule has 1 amide bonds. The maximum absolute atomic E-state index is 11.3. The average Bonchev–Trinajstić information content (AvgIpc) is 2.15. The van der Waals surface area contributed by atoms with E-state index in [4.69, 9.17) is 5.73 Å². The molecule has 0 heterocycles. The number of hydrogen-bond acceptors (Lipinski definition) is 3. The highest BCUT2D eigenvalue weighted by Crippen LogP contribution is 2.24. The molecular formula is C10H14BrN3O. The summed E-state index contributed by atoms with van der Waals surface area (Å²) in [6.07, 6.45) is 0. The van der Waals surface area contributed by atoms with Gasteiger partial charge in [0.15, 0.2) is 0 Å². The highest BCUT2D eigenvalue weighted by atomic mass is 79.9. The zero-order valence-corrected chi connectivity index (χ0v) is 10.3. The Bertz CT molecular complexity index is 366. The van der Waals surface area contributed by atoms with Gasteiger partial charge in [-0.3, -0.25) is 4.79 Å². The van der Waals surface area contributed by atoms with Gasteiger partial charge in [-0.1, -0.05) is 0 Å². The molecule has 0 aliphatic carbocycles. The number of anilines is 2. The molecule has 4 nitrogen and oxygen atoms in total. The molecule has 0 aliphatic heterocycles. The number of amides is 1. The molecule has 1 aromatic rings. The first kappa shape index (κ1) is 11.8. The van der Waals surface area contributed by atoms with E-state index in [1.54, 1.807) is 26.2 Å². The van der Waals surface area contributed by atoms with Crippen molar-refractivity contribution in [2.24, 2.45) is 0 Å². The summed E-state index contributed by atoms with van der Waals surface area (Å²) in [7, 11) is 3.45. The van der Waals surface area contributed by atoms with Crippen LogP contribution in [-0.2, 0) is 4.79 Å².